The van der Waals surface area contributed by atoms with E-state index in [0.717, 1.165) is 45.3 Å². The summed E-state index contributed by atoms with van der Waals surface area (Å²) in [5, 5.41) is 26.6. The molecule has 0 aromatic heterocycles. The van der Waals surface area contributed by atoms with Crippen molar-refractivity contribution in [2.24, 2.45) is 0 Å². The van der Waals surface area contributed by atoms with Gasteiger partial charge in [-0.05, 0) is 38.8 Å². The lowest BCUT2D eigenvalue weighted by Crippen LogP contribution is -2.29. The van der Waals surface area contributed by atoms with Crippen molar-refractivity contribution in [2.45, 2.75) is 77.0 Å². The molecule has 0 bridgehead atoms. The topological polar surface area (TPSA) is 63.9 Å². The first-order valence-electron chi connectivity index (χ1n) is 9.40. The number of nitrogens with zero attached hydrogens (tertiary/aromatic N) is 1. The standard InChI is InChI=1S/C18H39NO3/c20-16-11-7-3-1-5-9-13-19(15-18-22)14-10-6-2-4-8-12-17-21/h20-22H,1-18H2. The molecule has 0 aliphatic rings. The molecule has 0 amide bonds. The van der Waals surface area contributed by atoms with Crippen LogP contribution in [0.15, 0.2) is 0 Å². The van der Waals surface area contributed by atoms with Crippen molar-refractivity contribution in [3.8, 4) is 0 Å². The van der Waals surface area contributed by atoms with E-state index >= 15 is 0 Å². The molecule has 0 aliphatic heterocycles. The lowest BCUT2D eigenvalue weighted by Gasteiger charge is -2.21. The van der Waals surface area contributed by atoms with Gasteiger partial charge in [-0.3, -0.25) is 0 Å². The minimum Gasteiger partial charge on any atom is -0.396 e. The molecule has 0 saturated heterocycles. The third kappa shape index (κ3) is 16.2. The van der Waals surface area contributed by atoms with Gasteiger partial charge in [0.15, 0.2) is 0 Å². The summed E-state index contributed by atoms with van der Waals surface area (Å²) in [6.45, 7) is 3.91. The van der Waals surface area contributed by atoms with Gasteiger partial charge in [-0.25, -0.2) is 0 Å². The van der Waals surface area contributed by atoms with Crippen molar-refractivity contribution in [1.29, 1.82) is 0 Å². The Kier molecular flexibility index (Phi) is 18.8. The van der Waals surface area contributed by atoms with Crippen molar-refractivity contribution in [2.75, 3.05) is 39.5 Å². The molecule has 0 unspecified atom stereocenters. The van der Waals surface area contributed by atoms with Gasteiger partial charge >= 0.3 is 0 Å². The van der Waals surface area contributed by atoms with Gasteiger partial charge in [0, 0.05) is 19.8 Å². The Morgan fingerprint density at radius 1 is 0.364 bits per heavy atom. The fourth-order valence-electron chi connectivity index (χ4n) is 2.79. The molecular weight excluding hydrogens is 278 g/mol. The second-order valence-electron chi connectivity index (χ2n) is 6.26. The van der Waals surface area contributed by atoms with Gasteiger partial charge in [0.2, 0.25) is 0 Å². The fourth-order valence-corrected chi connectivity index (χ4v) is 2.79. The minimum atomic E-state index is 0.257. The summed E-state index contributed by atoms with van der Waals surface area (Å²) in [5.74, 6) is 0. The van der Waals surface area contributed by atoms with Crippen molar-refractivity contribution in [1.82, 2.24) is 4.90 Å². The number of unbranched alkanes of at least 4 members (excludes halogenated alkanes) is 10. The quantitative estimate of drug-likeness (QED) is 0.340. The molecular formula is C18H39NO3. The summed E-state index contributed by atoms with van der Waals surface area (Å²) in [5.41, 5.74) is 0. The van der Waals surface area contributed by atoms with Gasteiger partial charge in [-0.1, -0.05) is 51.4 Å². The normalized spacial score (nSPS) is 11.5. The van der Waals surface area contributed by atoms with Crippen LogP contribution in [0.3, 0.4) is 0 Å². The predicted octanol–water partition coefficient (Wildman–Crippen LogP) is 2.95. The second-order valence-corrected chi connectivity index (χ2v) is 6.26. The molecule has 0 fully saturated rings. The van der Waals surface area contributed by atoms with Gasteiger partial charge < -0.3 is 20.2 Å². The lowest BCUT2D eigenvalue weighted by atomic mass is 10.1. The first-order chi connectivity index (χ1) is 10.8. The first-order valence-corrected chi connectivity index (χ1v) is 9.40. The Morgan fingerprint density at radius 3 is 1.09 bits per heavy atom. The monoisotopic (exact) mass is 317 g/mol. The van der Waals surface area contributed by atoms with E-state index in [9.17, 15) is 0 Å². The number of hydrogen-bond acceptors (Lipinski definition) is 4. The third-order valence-electron chi connectivity index (χ3n) is 4.18. The average molecular weight is 318 g/mol. The van der Waals surface area contributed by atoms with Crippen LogP contribution < -0.4 is 0 Å². The molecule has 0 aromatic carbocycles. The van der Waals surface area contributed by atoms with E-state index in [-0.39, 0.29) is 6.61 Å². The zero-order valence-corrected chi connectivity index (χ0v) is 14.5. The van der Waals surface area contributed by atoms with Crippen LogP contribution in [0.5, 0.6) is 0 Å². The summed E-state index contributed by atoms with van der Waals surface area (Å²) in [7, 11) is 0. The van der Waals surface area contributed by atoms with Crippen LogP contribution in [0.1, 0.15) is 77.0 Å². The Hall–Kier alpha value is -0.160. The molecule has 0 atom stereocenters. The highest BCUT2D eigenvalue weighted by Gasteiger charge is 2.03. The third-order valence-corrected chi connectivity index (χ3v) is 4.18. The number of hydrogen-bond donors (Lipinski definition) is 3. The molecule has 0 heterocycles. The van der Waals surface area contributed by atoms with Crippen molar-refractivity contribution >= 4 is 0 Å². The van der Waals surface area contributed by atoms with Crippen molar-refractivity contribution < 1.29 is 15.3 Å². The molecule has 4 nitrogen and oxygen atoms in total. The van der Waals surface area contributed by atoms with Crippen LogP contribution in [0.25, 0.3) is 0 Å². The predicted molar refractivity (Wildman–Crippen MR) is 93.1 cm³/mol. The zero-order chi connectivity index (χ0) is 16.3. The smallest absolute Gasteiger partial charge is 0.0558 e. The second kappa shape index (κ2) is 18.9. The van der Waals surface area contributed by atoms with Crippen LogP contribution in [0, 0.1) is 0 Å². The van der Waals surface area contributed by atoms with Crippen LogP contribution in [-0.4, -0.2) is 59.7 Å². The average Bonchev–Trinajstić information content (AvgIpc) is 2.53. The highest BCUT2D eigenvalue weighted by atomic mass is 16.3. The first kappa shape index (κ1) is 21.8. The van der Waals surface area contributed by atoms with Crippen LogP contribution in [0.4, 0.5) is 0 Å². The zero-order valence-electron chi connectivity index (χ0n) is 14.5. The van der Waals surface area contributed by atoms with Gasteiger partial charge in [0.1, 0.15) is 0 Å². The molecule has 4 heteroatoms. The van der Waals surface area contributed by atoms with E-state index in [1.54, 1.807) is 0 Å². The fraction of sp³-hybridized carbons (Fsp3) is 1.00. The van der Waals surface area contributed by atoms with Crippen LogP contribution in [0.2, 0.25) is 0 Å². The van der Waals surface area contributed by atoms with Gasteiger partial charge in [-0.15, -0.1) is 0 Å². The van der Waals surface area contributed by atoms with Crippen LogP contribution >= 0.6 is 0 Å². The van der Waals surface area contributed by atoms with Crippen LogP contribution in [-0.2, 0) is 0 Å². The Balaban J connectivity index is 3.44. The highest BCUT2D eigenvalue weighted by Crippen LogP contribution is 2.08. The summed E-state index contributed by atoms with van der Waals surface area (Å²) >= 11 is 0. The SMILES string of the molecule is OCCCCCCCCN(CCO)CCCCCCCCO. The summed E-state index contributed by atoms with van der Waals surface area (Å²) in [6.07, 6.45) is 14.1. The molecule has 22 heavy (non-hydrogen) atoms. The van der Waals surface area contributed by atoms with Gasteiger partial charge in [0.05, 0.1) is 6.61 Å². The van der Waals surface area contributed by atoms with E-state index < -0.39 is 0 Å². The minimum absolute atomic E-state index is 0.257. The molecule has 3 N–H and O–H groups in total. The number of rotatable bonds is 18. The Morgan fingerprint density at radius 2 is 0.727 bits per heavy atom. The maximum Gasteiger partial charge on any atom is 0.0558 e. The Labute approximate surface area is 137 Å². The molecule has 0 radical (unpaired) electrons. The largest absolute Gasteiger partial charge is 0.396 e. The van der Waals surface area contributed by atoms with Crippen molar-refractivity contribution in [3.05, 3.63) is 0 Å². The molecule has 0 aromatic rings. The molecule has 0 rings (SSSR count). The highest BCUT2D eigenvalue weighted by molar-refractivity contribution is 4.59. The lowest BCUT2D eigenvalue weighted by molar-refractivity contribution is 0.190. The number of aliphatic hydroxyl groups excluding tert-OH is 3. The van der Waals surface area contributed by atoms with Gasteiger partial charge in [0.25, 0.3) is 0 Å². The maximum atomic E-state index is 9.15. The molecule has 0 spiro atoms. The van der Waals surface area contributed by atoms with E-state index in [4.69, 9.17) is 15.3 Å². The van der Waals surface area contributed by atoms with E-state index in [0.29, 0.717) is 13.2 Å². The Bertz CT molecular complexity index is 185. The van der Waals surface area contributed by atoms with E-state index in [1.165, 1.54) is 51.4 Å². The summed E-state index contributed by atoms with van der Waals surface area (Å²) in [6, 6.07) is 0. The maximum absolute atomic E-state index is 9.15. The molecule has 0 aliphatic carbocycles. The van der Waals surface area contributed by atoms with E-state index in [2.05, 4.69) is 4.90 Å². The summed E-state index contributed by atoms with van der Waals surface area (Å²) in [4.78, 5) is 2.39. The summed E-state index contributed by atoms with van der Waals surface area (Å²) < 4.78 is 0. The molecule has 134 valence electrons. The van der Waals surface area contributed by atoms with E-state index in [1.807, 2.05) is 0 Å². The van der Waals surface area contributed by atoms with Gasteiger partial charge in [-0.2, -0.15) is 0 Å². The molecule has 0 saturated carbocycles. The van der Waals surface area contributed by atoms with Crippen molar-refractivity contribution in [3.63, 3.8) is 0 Å². The number of aliphatic hydroxyl groups is 3.